The molecular weight excluding hydrogens is 338 g/mol. The van der Waals surface area contributed by atoms with Crippen molar-refractivity contribution >= 4 is 12.2 Å². The van der Waals surface area contributed by atoms with Gasteiger partial charge in [-0.3, -0.25) is 9.67 Å². The van der Waals surface area contributed by atoms with Crippen LogP contribution in [0.2, 0.25) is 0 Å². The van der Waals surface area contributed by atoms with E-state index < -0.39 is 0 Å². The highest BCUT2D eigenvalue weighted by molar-refractivity contribution is 7.71. The van der Waals surface area contributed by atoms with Crippen LogP contribution in [-0.4, -0.2) is 21.9 Å². The highest BCUT2D eigenvalue weighted by Crippen LogP contribution is 2.28. The van der Waals surface area contributed by atoms with E-state index in [1.165, 1.54) is 0 Å². The highest BCUT2D eigenvalue weighted by Gasteiger charge is 2.14. The number of nitrogens with one attached hydrogen (secondary N) is 1. The summed E-state index contributed by atoms with van der Waals surface area (Å²) in [5.41, 5.74) is 0. The van der Waals surface area contributed by atoms with Crippen LogP contribution in [0.3, 0.4) is 0 Å². The van der Waals surface area contributed by atoms with Gasteiger partial charge in [-0.05, 0) is 42.4 Å². The van der Waals surface area contributed by atoms with Crippen molar-refractivity contribution in [1.82, 2.24) is 14.8 Å². The summed E-state index contributed by atoms with van der Waals surface area (Å²) < 4.78 is 19.5. The molecule has 25 heavy (non-hydrogen) atoms. The second-order valence-corrected chi connectivity index (χ2v) is 6.45. The van der Waals surface area contributed by atoms with Crippen LogP contribution in [0.15, 0.2) is 40.8 Å². The maximum atomic E-state index is 5.89. The van der Waals surface area contributed by atoms with Crippen molar-refractivity contribution < 1.29 is 13.9 Å². The molecule has 0 unspecified atom stereocenters. The fraction of sp³-hybridized carbons (Fsp3) is 0.333. The monoisotopic (exact) mass is 359 g/mol. The predicted octanol–water partition coefficient (Wildman–Crippen LogP) is 4.44. The predicted molar refractivity (Wildman–Crippen MR) is 97.3 cm³/mol. The van der Waals surface area contributed by atoms with E-state index in [9.17, 15) is 0 Å². The lowest BCUT2D eigenvalue weighted by molar-refractivity contribution is 0.257. The third-order valence-electron chi connectivity index (χ3n) is 3.63. The summed E-state index contributed by atoms with van der Waals surface area (Å²) in [5, 5.41) is 7.12. The number of hydrogen-bond donors (Lipinski definition) is 1. The van der Waals surface area contributed by atoms with Gasteiger partial charge >= 0.3 is 0 Å². The molecule has 132 valence electrons. The van der Waals surface area contributed by atoms with E-state index in [2.05, 4.69) is 24.0 Å². The minimum atomic E-state index is 0.301. The van der Waals surface area contributed by atoms with Gasteiger partial charge in [0, 0.05) is 6.54 Å². The topological polar surface area (TPSA) is 65.2 Å². The van der Waals surface area contributed by atoms with Gasteiger partial charge in [-0.15, -0.1) is 0 Å². The van der Waals surface area contributed by atoms with Gasteiger partial charge in [-0.1, -0.05) is 26.0 Å². The number of H-pyrrole nitrogens is 1. The number of furan rings is 1. The van der Waals surface area contributed by atoms with E-state index in [-0.39, 0.29) is 0 Å². The van der Waals surface area contributed by atoms with Crippen LogP contribution < -0.4 is 9.47 Å². The molecule has 2 heterocycles. The first-order chi connectivity index (χ1) is 12.1. The van der Waals surface area contributed by atoms with E-state index in [1.54, 1.807) is 7.11 Å². The van der Waals surface area contributed by atoms with Crippen LogP contribution >= 0.6 is 12.2 Å². The molecule has 0 aliphatic carbocycles. The molecular formula is C18H21N3O3S. The highest BCUT2D eigenvalue weighted by atomic mass is 32.1. The van der Waals surface area contributed by atoms with E-state index >= 15 is 0 Å². The minimum absolute atomic E-state index is 0.301. The molecule has 0 spiro atoms. The molecule has 3 rings (SSSR count). The fourth-order valence-corrected chi connectivity index (χ4v) is 2.71. The van der Waals surface area contributed by atoms with Crippen LogP contribution in [0.1, 0.15) is 19.6 Å². The Morgan fingerprint density at radius 2 is 1.96 bits per heavy atom. The lowest BCUT2D eigenvalue weighted by Crippen LogP contribution is -2.06. The van der Waals surface area contributed by atoms with Gasteiger partial charge in [0.15, 0.2) is 27.9 Å². The number of benzene rings is 1. The third-order valence-corrected chi connectivity index (χ3v) is 3.94. The Kier molecular flexibility index (Phi) is 5.23. The number of hydrogen-bond acceptors (Lipinski definition) is 5. The zero-order chi connectivity index (χ0) is 17.8. The normalized spacial score (nSPS) is 11.0. The Morgan fingerprint density at radius 1 is 1.20 bits per heavy atom. The SMILES string of the molecule is COc1ccccc1OCc1ccc(-c2n[nH]c(=S)n2CC(C)C)o1. The van der Waals surface area contributed by atoms with Gasteiger partial charge in [-0.25, -0.2) is 0 Å². The van der Waals surface area contributed by atoms with Crippen LogP contribution in [0, 0.1) is 10.7 Å². The number of nitrogens with zero attached hydrogens (tertiary/aromatic N) is 2. The molecule has 3 aromatic rings. The number of ether oxygens (including phenoxy) is 2. The number of methoxy groups -OCH3 is 1. The first-order valence-electron chi connectivity index (χ1n) is 8.08. The molecule has 0 aliphatic rings. The van der Waals surface area contributed by atoms with Crippen LogP contribution in [-0.2, 0) is 13.2 Å². The summed E-state index contributed by atoms with van der Waals surface area (Å²) in [7, 11) is 1.62. The van der Waals surface area contributed by atoms with Crippen molar-refractivity contribution in [3.63, 3.8) is 0 Å². The van der Waals surface area contributed by atoms with Gasteiger partial charge in [-0.2, -0.15) is 5.10 Å². The molecule has 0 fully saturated rings. The van der Waals surface area contributed by atoms with E-state index in [1.807, 2.05) is 41.0 Å². The largest absolute Gasteiger partial charge is 0.493 e. The fourth-order valence-electron chi connectivity index (χ4n) is 2.50. The van der Waals surface area contributed by atoms with Crippen molar-refractivity contribution in [3.8, 4) is 23.1 Å². The van der Waals surface area contributed by atoms with Gasteiger partial charge in [0.2, 0.25) is 0 Å². The zero-order valence-corrected chi connectivity index (χ0v) is 15.3. The molecule has 0 bridgehead atoms. The van der Waals surface area contributed by atoms with E-state index in [4.69, 9.17) is 26.1 Å². The first-order valence-corrected chi connectivity index (χ1v) is 8.49. The molecule has 0 aliphatic heterocycles. The van der Waals surface area contributed by atoms with Crippen molar-refractivity contribution in [2.24, 2.45) is 5.92 Å². The Morgan fingerprint density at radius 3 is 2.68 bits per heavy atom. The first kappa shape index (κ1) is 17.3. The van der Waals surface area contributed by atoms with Crippen LogP contribution in [0.4, 0.5) is 0 Å². The van der Waals surface area contributed by atoms with Gasteiger partial charge < -0.3 is 13.9 Å². The van der Waals surface area contributed by atoms with Crippen molar-refractivity contribution in [2.75, 3.05) is 7.11 Å². The van der Waals surface area contributed by atoms with Gasteiger partial charge in [0.25, 0.3) is 0 Å². The van der Waals surface area contributed by atoms with Gasteiger partial charge in [0.1, 0.15) is 12.4 Å². The molecule has 0 atom stereocenters. The summed E-state index contributed by atoms with van der Waals surface area (Å²) in [6.07, 6.45) is 0. The molecule has 0 saturated heterocycles. The number of rotatable bonds is 7. The number of aromatic amines is 1. The zero-order valence-electron chi connectivity index (χ0n) is 14.5. The summed E-state index contributed by atoms with van der Waals surface area (Å²) >= 11 is 5.31. The molecule has 6 nitrogen and oxygen atoms in total. The molecule has 0 radical (unpaired) electrons. The standard InChI is InChI=1S/C18H21N3O3S/c1-12(2)10-21-17(19-20-18(21)25)16-9-8-13(24-16)11-23-15-7-5-4-6-14(15)22-3/h4-9,12H,10-11H2,1-3H3,(H,20,25). The maximum absolute atomic E-state index is 5.89. The molecule has 0 saturated carbocycles. The molecule has 1 N–H and O–H groups in total. The van der Waals surface area contributed by atoms with Gasteiger partial charge in [0.05, 0.1) is 7.11 Å². The van der Waals surface area contributed by atoms with Crippen molar-refractivity contribution in [3.05, 3.63) is 46.9 Å². The quantitative estimate of drug-likeness (QED) is 0.632. The minimum Gasteiger partial charge on any atom is -0.493 e. The van der Waals surface area contributed by atoms with Crippen molar-refractivity contribution in [1.29, 1.82) is 0 Å². The summed E-state index contributed by atoms with van der Waals surface area (Å²) in [6.45, 7) is 5.34. The average molecular weight is 359 g/mol. The lowest BCUT2D eigenvalue weighted by atomic mass is 10.2. The second kappa shape index (κ2) is 7.57. The molecule has 7 heteroatoms. The summed E-state index contributed by atoms with van der Waals surface area (Å²) in [4.78, 5) is 0. The van der Waals surface area contributed by atoms with Crippen LogP contribution in [0.5, 0.6) is 11.5 Å². The number of para-hydroxylation sites is 2. The molecule has 2 aromatic heterocycles. The third kappa shape index (κ3) is 3.93. The maximum Gasteiger partial charge on any atom is 0.198 e. The Bertz CT molecular complexity index is 895. The summed E-state index contributed by atoms with van der Waals surface area (Å²) in [5.74, 6) is 3.86. The van der Waals surface area contributed by atoms with Crippen LogP contribution in [0.25, 0.3) is 11.6 Å². The molecule has 0 amide bonds. The van der Waals surface area contributed by atoms with E-state index in [0.29, 0.717) is 46.1 Å². The Balaban J connectivity index is 1.76. The Labute approximate surface area is 151 Å². The second-order valence-electron chi connectivity index (χ2n) is 6.06. The van der Waals surface area contributed by atoms with Crippen molar-refractivity contribution in [2.45, 2.75) is 27.0 Å². The number of aromatic nitrogens is 3. The molecule has 1 aromatic carbocycles. The summed E-state index contributed by atoms with van der Waals surface area (Å²) in [6, 6.07) is 11.3. The lowest BCUT2D eigenvalue weighted by Gasteiger charge is -2.09. The average Bonchev–Trinajstić information content (AvgIpc) is 3.20. The van der Waals surface area contributed by atoms with E-state index in [0.717, 1.165) is 6.54 Å². The Hall–Kier alpha value is -2.54. The smallest absolute Gasteiger partial charge is 0.198 e.